The number of carbonyl (C=O) groups is 2. The predicted octanol–water partition coefficient (Wildman–Crippen LogP) is 8.66. The van der Waals surface area contributed by atoms with E-state index < -0.39 is 6.10 Å². The highest BCUT2D eigenvalue weighted by atomic mass is 16.6. The molecule has 0 aliphatic rings. The molecule has 1 atom stereocenters. The van der Waals surface area contributed by atoms with E-state index >= 15 is 0 Å². The van der Waals surface area contributed by atoms with Crippen molar-refractivity contribution in [2.24, 2.45) is 0 Å². The number of rotatable bonds is 25. The van der Waals surface area contributed by atoms with Crippen molar-refractivity contribution in [1.82, 2.24) is 0 Å². The van der Waals surface area contributed by atoms with Crippen molar-refractivity contribution < 1.29 is 24.2 Å². The fourth-order valence-corrected chi connectivity index (χ4v) is 3.58. The van der Waals surface area contributed by atoms with Gasteiger partial charge in [0.25, 0.3) is 0 Å². The van der Waals surface area contributed by atoms with Gasteiger partial charge in [0.1, 0.15) is 6.61 Å². The molecule has 0 rings (SSSR count). The highest BCUT2D eigenvalue weighted by Crippen LogP contribution is 2.10. The van der Waals surface area contributed by atoms with Gasteiger partial charge in [0.2, 0.25) is 0 Å². The molecule has 5 nitrogen and oxygen atoms in total. The quantitative estimate of drug-likeness (QED) is 0.0541. The van der Waals surface area contributed by atoms with Gasteiger partial charge in [-0.15, -0.1) is 0 Å². The summed E-state index contributed by atoms with van der Waals surface area (Å²) in [5.41, 5.74) is 0. The van der Waals surface area contributed by atoms with Crippen LogP contribution < -0.4 is 0 Å². The van der Waals surface area contributed by atoms with E-state index in [1.54, 1.807) is 0 Å². The molecule has 0 aliphatic heterocycles. The monoisotopic (exact) mass is 542 g/mol. The number of aliphatic hydroxyl groups excluding tert-OH is 1. The molecule has 0 spiro atoms. The molecular formula is C34H54O5. The second-order valence-electron chi connectivity index (χ2n) is 9.56. The van der Waals surface area contributed by atoms with Crippen molar-refractivity contribution >= 4 is 11.9 Å². The maximum absolute atomic E-state index is 12.0. The Hall–Kier alpha value is -2.66. The van der Waals surface area contributed by atoms with E-state index in [1.165, 1.54) is 38.5 Å². The van der Waals surface area contributed by atoms with Crippen molar-refractivity contribution in [1.29, 1.82) is 0 Å². The van der Waals surface area contributed by atoms with Gasteiger partial charge in [-0.1, -0.05) is 119 Å². The third-order valence-corrected chi connectivity index (χ3v) is 5.86. The summed E-state index contributed by atoms with van der Waals surface area (Å²) in [6.07, 6.45) is 38.1. The van der Waals surface area contributed by atoms with E-state index in [2.05, 4.69) is 32.1 Å². The minimum absolute atomic E-state index is 0.110. The summed E-state index contributed by atoms with van der Waals surface area (Å²) in [4.78, 5) is 24.0. The summed E-state index contributed by atoms with van der Waals surface area (Å²) in [6, 6.07) is 0. The molecule has 0 radical (unpaired) electrons. The lowest BCUT2D eigenvalue weighted by molar-refractivity contribution is -0.161. The Labute approximate surface area is 238 Å². The van der Waals surface area contributed by atoms with E-state index in [0.29, 0.717) is 12.8 Å². The normalized spacial score (nSPS) is 13.2. The first-order chi connectivity index (χ1) is 19.1. The van der Waals surface area contributed by atoms with Gasteiger partial charge in [-0.25, -0.2) is 0 Å². The summed E-state index contributed by atoms with van der Waals surface area (Å²) in [6.45, 7) is 3.85. The molecule has 0 aliphatic carbocycles. The van der Waals surface area contributed by atoms with Crippen LogP contribution in [0, 0.1) is 0 Å². The van der Waals surface area contributed by atoms with Crippen LogP contribution in [0.2, 0.25) is 0 Å². The molecule has 39 heavy (non-hydrogen) atoms. The molecule has 0 fully saturated rings. The number of esters is 2. The van der Waals surface area contributed by atoms with Crippen LogP contribution >= 0.6 is 0 Å². The Morgan fingerprint density at radius 2 is 1.15 bits per heavy atom. The van der Waals surface area contributed by atoms with Crippen LogP contribution in [0.25, 0.3) is 0 Å². The minimum Gasteiger partial charge on any atom is -0.462 e. The van der Waals surface area contributed by atoms with Crippen LogP contribution in [0.4, 0.5) is 0 Å². The van der Waals surface area contributed by atoms with Crippen molar-refractivity contribution in [2.75, 3.05) is 13.2 Å². The summed E-state index contributed by atoms with van der Waals surface area (Å²) in [7, 11) is 0. The van der Waals surface area contributed by atoms with Crippen molar-refractivity contribution in [3.8, 4) is 0 Å². The SMILES string of the molecule is CC/C=C/C=C/C=C/C=C/C=C/CCCC(=O)OCC(CO)OC(=O)CCCCCCC/C=C/CCCCC. The maximum atomic E-state index is 12.0. The van der Waals surface area contributed by atoms with Gasteiger partial charge in [-0.05, 0) is 51.4 Å². The molecule has 0 saturated heterocycles. The summed E-state index contributed by atoms with van der Waals surface area (Å²) >= 11 is 0. The molecule has 0 aromatic rings. The molecule has 0 bridgehead atoms. The highest BCUT2D eigenvalue weighted by molar-refractivity contribution is 5.70. The Kier molecular flexibility index (Phi) is 27.9. The molecular weight excluding hydrogens is 488 g/mol. The molecule has 0 heterocycles. The zero-order chi connectivity index (χ0) is 28.7. The van der Waals surface area contributed by atoms with Gasteiger partial charge >= 0.3 is 11.9 Å². The number of unbranched alkanes of at least 4 members (excludes halogenated alkanes) is 9. The fraction of sp³-hybridized carbons (Fsp3) is 0.588. The molecule has 0 aromatic carbocycles. The Balaban J connectivity index is 3.80. The van der Waals surface area contributed by atoms with E-state index in [-0.39, 0.29) is 31.6 Å². The van der Waals surface area contributed by atoms with E-state index in [4.69, 9.17) is 9.47 Å². The van der Waals surface area contributed by atoms with Crippen LogP contribution in [-0.4, -0.2) is 36.4 Å². The van der Waals surface area contributed by atoms with Crippen molar-refractivity contribution in [3.05, 3.63) is 72.9 Å². The first-order valence-electron chi connectivity index (χ1n) is 15.1. The number of hydrogen-bond acceptors (Lipinski definition) is 5. The van der Waals surface area contributed by atoms with E-state index in [1.807, 2.05) is 54.7 Å². The third kappa shape index (κ3) is 28.2. The molecule has 0 amide bonds. The van der Waals surface area contributed by atoms with Crippen LogP contribution in [0.15, 0.2) is 72.9 Å². The number of aliphatic hydroxyl groups is 1. The molecule has 0 saturated carbocycles. The first-order valence-corrected chi connectivity index (χ1v) is 15.1. The Bertz CT molecular complexity index is 758. The van der Waals surface area contributed by atoms with Gasteiger partial charge in [0.05, 0.1) is 6.61 Å². The smallest absolute Gasteiger partial charge is 0.306 e. The minimum atomic E-state index is -0.804. The van der Waals surface area contributed by atoms with E-state index in [9.17, 15) is 14.7 Å². The van der Waals surface area contributed by atoms with Gasteiger partial charge in [-0.2, -0.15) is 0 Å². The van der Waals surface area contributed by atoms with Crippen molar-refractivity contribution in [2.45, 2.75) is 116 Å². The number of hydrogen-bond donors (Lipinski definition) is 1. The highest BCUT2D eigenvalue weighted by Gasteiger charge is 2.15. The number of allylic oxidation sites excluding steroid dienone is 12. The second kappa shape index (κ2) is 29.9. The predicted molar refractivity (Wildman–Crippen MR) is 163 cm³/mol. The van der Waals surface area contributed by atoms with Crippen LogP contribution in [0.1, 0.15) is 110 Å². The molecule has 5 heteroatoms. The second-order valence-corrected chi connectivity index (χ2v) is 9.56. The average Bonchev–Trinajstić information content (AvgIpc) is 2.94. The van der Waals surface area contributed by atoms with E-state index in [0.717, 1.165) is 38.5 Å². The van der Waals surface area contributed by atoms with Gasteiger partial charge < -0.3 is 14.6 Å². The van der Waals surface area contributed by atoms with Crippen LogP contribution in [-0.2, 0) is 19.1 Å². The zero-order valence-corrected chi connectivity index (χ0v) is 24.6. The standard InChI is InChI=1S/C34H54O5/c1-3-5-7-9-11-13-15-17-19-20-22-24-26-28-33(36)38-31-32(30-35)39-34(37)29-27-25-23-21-18-16-14-12-10-8-6-4-2/h5,7,9,11-15,17,19-20,22,32,35H,3-4,6,8,10,16,18,21,23-31H2,1-2H3/b7-5+,11-9+,14-12+,15-13+,19-17+,22-20+. The Morgan fingerprint density at radius 1 is 0.615 bits per heavy atom. The average molecular weight is 543 g/mol. The summed E-state index contributed by atoms with van der Waals surface area (Å²) in [5, 5.41) is 9.46. The summed E-state index contributed by atoms with van der Waals surface area (Å²) < 4.78 is 10.4. The molecule has 1 unspecified atom stereocenters. The van der Waals surface area contributed by atoms with Gasteiger partial charge in [0, 0.05) is 12.8 Å². The topological polar surface area (TPSA) is 72.8 Å². The number of ether oxygens (including phenoxy) is 2. The zero-order valence-electron chi connectivity index (χ0n) is 24.6. The largest absolute Gasteiger partial charge is 0.462 e. The summed E-state index contributed by atoms with van der Waals surface area (Å²) in [5.74, 6) is -0.700. The lowest BCUT2D eigenvalue weighted by Gasteiger charge is -2.15. The lowest BCUT2D eigenvalue weighted by Crippen LogP contribution is -2.28. The third-order valence-electron chi connectivity index (χ3n) is 5.86. The molecule has 0 aromatic heterocycles. The maximum Gasteiger partial charge on any atom is 0.306 e. The van der Waals surface area contributed by atoms with Gasteiger partial charge in [-0.3, -0.25) is 9.59 Å². The van der Waals surface area contributed by atoms with Crippen LogP contribution in [0.3, 0.4) is 0 Å². The Morgan fingerprint density at radius 3 is 1.79 bits per heavy atom. The molecule has 220 valence electrons. The fourth-order valence-electron chi connectivity index (χ4n) is 3.58. The van der Waals surface area contributed by atoms with Gasteiger partial charge in [0.15, 0.2) is 6.10 Å². The molecule has 1 N–H and O–H groups in total. The van der Waals surface area contributed by atoms with Crippen LogP contribution in [0.5, 0.6) is 0 Å². The van der Waals surface area contributed by atoms with Crippen molar-refractivity contribution in [3.63, 3.8) is 0 Å². The first kappa shape index (κ1) is 36.3. The number of carbonyl (C=O) groups excluding carboxylic acids is 2. The lowest BCUT2D eigenvalue weighted by atomic mass is 10.1.